The molecule has 1 heterocycles. The fourth-order valence-corrected chi connectivity index (χ4v) is 3.96. The molecule has 3 fully saturated rings. The third-order valence-electron chi connectivity index (χ3n) is 5.86. The number of amides is 2. The van der Waals surface area contributed by atoms with Crippen molar-refractivity contribution >= 4 is 6.03 Å². The van der Waals surface area contributed by atoms with Gasteiger partial charge in [-0.3, -0.25) is 0 Å². The Morgan fingerprint density at radius 1 is 1.18 bits per heavy atom. The van der Waals surface area contributed by atoms with Gasteiger partial charge in [-0.05, 0) is 38.5 Å². The SMILES string of the molecule is CC1(CNC(=O)NC2CCN(C3CC3)CC2)CCCCC1O. The number of hydrogen-bond donors (Lipinski definition) is 3. The first-order chi connectivity index (χ1) is 10.6. The summed E-state index contributed by atoms with van der Waals surface area (Å²) >= 11 is 0. The Balaban J connectivity index is 1.37. The first-order valence-electron chi connectivity index (χ1n) is 9.03. The smallest absolute Gasteiger partial charge is 0.315 e. The maximum Gasteiger partial charge on any atom is 0.315 e. The van der Waals surface area contributed by atoms with Gasteiger partial charge in [-0.25, -0.2) is 4.79 Å². The zero-order valence-corrected chi connectivity index (χ0v) is 13.8. The van der Waals surface area contributed by atoms with Crippen LogP contribution < -0.4 is 10.6 Å². The maximum absolute atomic E-state index is 12.1. The molecule has 0 bridgehead atoms. The third-order valence-corrected chi connectivity index (χ3v) is 5.86. The van der Waals surface area contributed by atoms with E-state index in [2.05, 4.69) is 22.5 Å². The van der Waals surface area contributed by atoms with Crippen molar-refractivity contribution in [2.45, 2.75) is 76.5 Å². The maximum atomic E-state index is 12.1. The van der Waals surface area contributed by atoms with Gasteiger partial charge in [0, 0.05) is 37.1 Å². The highest BCUT2D eigenvalue weighted by Crippen LogP contribution is 2.35. The molecule has 0 spiro atoms. The van der Waals surface area contributed by atoms with Gasteiger partial charge >= 0.3 is 6.03 Å². The van der Waals surface area contributed by atoms with Gasteiger partial charge < -0.3 is 20.6 Å². The van der Waals surface area contributed by atoms with Gasteiger partial charge in [-0.1, -0.05) is 19.8 Å². The fourth-order valence-electron chi connectivity index (χ4n) is 3.96. The quantitative estimate of drug-likeness (QED) is 0.742. The van der Waals surface area contributed by atoms with Crippen LogP contribution in [0.25, 0.3) is 0 Å². The molecule has 0 aromatic carbocycles. The Bertz CT molecular complexity index is 391. The largest absolute Gasteiger partial charge is 0.392 e. The van der Waals surface area contributed by atoms with E-state index >= 15 is 0 Å². The van der Waals surface area contributed by atoms with Crippen LogP contribution in [0.15, 0.2) is 0 Å². The number of carbonyl (C=O) groups is 1. The molecular formula is C17H31N3O2. The molecule has 1 saturated heterocycles. The number of aliphatic hydroxyl groups excluding tert-OH is 1. The molecule has 5 nitrogen and oxygen atoms in total. The van der Waals surface area contributed by atoms with E-state index in [1.165, 1.54) is 12.8 Å². The van der Waals surface area contributed by atoms with Crippen molar-refractivity contribution in [3.63, 3.8) is 0 Å². The molecule has 0 radical (unpaired) electrons. The predicted octanol–water partition coefficient (Wildman–Crippen LogP) is 1.85. The normalized spacial score (nSPS) is 34.4. The highest BCUT2D eigenvalue weighted by atomic mass is 16.3. The van der Waals surface area contributed by atoms with Crippen LogP contribution >= 0.6 is 0 Å². The number of aliphatic hydroxyl groups is 1. The molecule has 5 heteroatoms. The van der Waals surface area contributed by atoms with E-state index < -0.39 is 0 Å². The molecule has 2 aliphatic carbocycles. The van der Waals surface area contributed by atoms with Crippen molar-refractivity contribution < 1.29 is 9.90 Å². The van der Waals surface area contributed by atoms with Crippen LogP contribution in [-0.2, 0) is 0 Å². The summed E-state index contributed by atoms with van der Waals surface area (Å²) in [7, 11) is 0. The molecule has 22 heavy (non-hydrogen) atoms. The van der Waals surface area contributed by atoms with Gasteiger partial charge in [0.1, 0.15) is 0 Å². The number of urea groups is 1. The highest BCUT2D eigenvalue weighted by molar-refractivity contribution is 5.74. The van der Waals surface area contributed by atoms with Crippen LogP contribution in [0, 0.1) is 5.41 Å². The van der Waals surface area contributed by atoms with Crippen LogP contribution in [0.1, 0.15) is 58.3 Å². The first kappa shape index (κ1) is 16.1. The average molecular weight is 309 g/mol. The lowest BCUT2D eigenvalue weighted by molar-refractivity contribution is 0.00301. The number of rotatable bonds is 4. The summed E-state index contributed by atoms with van der Waals surface area (Å²) in [6, 6.07) is 1.07. The third kappa shape index (κ3) is 3.93. The topological polar surface area (TPSA) is 64.6 Å². The molecular weight excluding hydrogens is 278 g/mol. The lowest BCUT2D eigenvalue weighted by atomic mass is 9.73. The van der Waals surface area contributed by atoms with Crippen molar-refractivity contribution in [3.8, 4) is 0 Å². The molecule has 3 aliphatic rings. The molecule has 2 amide bonds. The van der Waals surface area contributed by atoms with Crippen molar-refractivity contribution in [3.05, 3.63) is 0 Å². The van der Waals surface area contributed by atoms with Gasteiger partial charge in [0.15, 0.2) is 0 Å². The highest BCUT2D eigenvalue weighted by Gasteiger charge is 2.36. The summed E-state index contributed by atoms with van der Waals surface area (Å²) < 4.78 is 0. The zero-order valence-electron chi connectivity index (χ0n) is 13.8. The Hall–Kier alpha value is -0.810. The van der Waals surface area contributed by atoms with Crippen molar-refractivity contribution in [2.24, 2.45) is 5.41 Å². The average Bonchev–Trinajstić information content (AvgIpc) is 3.34. The van der Waals surface area contributed by atoms with Gasteiger partial charge in [-0.15, -0.1) is 0 Å². The second-order valence-electron chi connectivity index (χ2n) is 7.78. The molecule has 0 aromatic rings. The van der Waals surface area contributed by atoms with E-state index in [0.717, 1.165) is 57.7 Å². The van der Waals surface area contributed by atoms with Crippen LogP contribution in [0.5, 0.6) is 0 Å². The van der Waals surface area contributed by atoms with E-state index in [1.54, 1.807) is 0 Å². The standard InChI is InChI=1S/C17H31N3O2/c1-17(9-3-2-4-15(17)21)12-18-16(22)19-13-7-10-20(11-8-13)14-5-6-14/h13-15,21H,2-12H2,1H3,(H2,18,19,22). The Labute approximate surface area is 133 Å². The second-order valence-corrected chi connectivity index (χ2v) is 7.78. The number of piperidine rings is 1. The molecule has 126 valence electrons. The summed E-state index contributed by atoms with van der Waals surface area (Å²) in [5, 5.41) is 16.3. The fraction of sp³-hybridized carbons (Fsp3) is 0.941. The monoisotopic (exact) mass is 309 g/mol. The first-order valence-corrected chi connectivity index (χ1v) is 9.03. The van der Waals surface area contributed by atoms with Crippen molar-refractivity contribution in [2.75, 3.05) is 19.6 Å². The van der Waals surface area contributed by atoms with Crippen molar-refractivity contribution in [1.82, 2.24) is 15.5 Å². The van der Waals surface area contributed by atoms with Gasteiger partial charge in [0.25, 0.3) is 0 Å². The summed E-state index contributed by atoms with van der Waals surface area (Å²) in [4.78, 5) is 14.7. The Morgan fingerprint density at radius 2 is 1.91 bits per heavy atom. The summed E-state index contributed by atoms with van der Waals surface area (Å²) in [5.74, 6) is 0. The Morgan fingerprint density at radius 3 is 2.55 bits per heavy atom. The number of carbonyl (C=O) groups excluding carboxylic acids is 1. The molecule has 0 aromatic heterocycles. The van der Waals surface area contributed by atoms with E-state index in [1.807, 2.05) is 0 Å². The van der Waals surface area contributed by atoms with Crippen LogP contribution in [0.2, 0.25) is 0 Å². The van der Waals surface area contributed by atoms with Crippen LogP contribution in [0.3, 0.4) is 0 Å². The van der Waals surface area contributed by atoms with Crippen molar-refractivity contribution in [1.29, 1.82) is 0 Å². The van der Waals surface area contributed by atoms with E-state index in [9.17, 15) is 9.90 Å². The van der Waals surface area contributed by atoms with Gasteiger partial charge in [0.05, 0.1) is 6.10 Å². The van der Waals surface area contributed by atoms with E-state index in [-0.39, 0.29) is 17.6 Å². The molecule has 3 rings (SSSR count). The minimum absolute atomic E-state index is 0.0659. The number of nitrogens with zero attached hydrogens (tertiary/aromatic N) is 1. The van der Waals surface area contributed by atoms with Gasteiger partial charge in [0.2, 0.25) is 0 Å². The summed E-state index contributed by atoms with van der Waals surface area (Å²) in [6.45, 7) is 4.89. The number of hydrogen-bond acceptors (Lipinski definition) is 3. The number of likely N-dealkylation sites (tertiary alicyclic amines) is 1. The molecule has 1 aliphatic heterocycles. The molecule has 2 saturated carbocycles. The van der Waals surface area contributed by atoms with E-state index in [4.69, 9.17) is 0 Å². The van der Waals surface area contributed by atoms with Crippen LogP contribution in [0.4, 0.5) is 4.79 Å². The second kappa shape index (κ2) is 6.75. The lowest BCUT2D eigenvalue weighted by Crippen LogP contribution is -2.51. The zero-order chi connectivity index (χ0) is 15.6. The molecule has 2 unspecified atom stereocenters. The minimum Gasteiger partial charge on any atom is -0.392 e. The lowest BCUT2D eigenvalue weighted by Gasteiger charge is -2.38. The van der Waals surface area contributed by atoms with E-state index in [0.29, 0.717) is 12.6 Å². The number of nitrogens with one attached hydrogen (secondary N) is 2. The predicted molar refractivity (Wildman–Crippen MR) is 86.7 cm³/mol. The minimum atomic E-state index is -0.289. The van der Waals surface area contributed by atoms with Crippen LogP contribution in [-0.4, -0.2) is 53.9 Å². The van der Waals surface area contributed by atoms with Gasteiger partial charge in [-0.2, -0.15) is 0 Å². The molecule has 3 N–H and O–H groups in total. The molecule has 2 atom stereocenters. The summed E-state index contributed by atoms with van der Waals surface area (Å²) in [6.07, 6.45) is 8.66. The Kier molecular flexibility index (Phi) is 4.93. The summed E-state index contributed by atoms with van der Waals surface area (Å²) in [5.41, 5.74) is -0.162.